The highest BCUT2D eigenvalue weighted by molar-refractivity contribution is 8.01. The molecular formula is C19H34N4O5S. The molecule has 9 nitrogen and oxygen atoms in total. The Balaban J connectivity index is 2.04. The Kier molecular flexibility index (Phi) is 7.12. The Hall–Kier alpha value is -1.52. The number of carbonyl (C=O) groups is 3. The molecule has 2 aliphatic rings. The number of likely N-dealkylation sites (tertiary alicyclic amines) is 1. The molecule has 2 heterocycles. The second-order valence-corrected chi connectivity index (χ2v) is 10.9. The summed E-state index contributed by atoms with van der Waals surface area (Å²) in [5, 5.41) is 5.92. The molecule has 0 aliphatic carbocycles. The van der Waals surface area contributed by atoms with Gasteiger partial charge < -0.3 is 25.4 Å². The summed E-state index contributed by atoms with van der Waals surface area (Å²) in [6, 6.07) is -1.26. The maximum absolute atomic E-state index is 13.2. The molecule has 0 aromatic rings. The monoisotopic (exact) mass is 430 g/mol. The Morgan fingerprint density at radius 2 is 1.90 bits per heavy atom. The number of nitrogens with one attached hydrogen (secondary N) is 2. The van der Waals surface area contributed by atoms with E-state index < -0.39 is 29.4 Å². The van der Waals surface area contributed by atoms with E-state index in [4.69, 9.17) is 15.2 Å². The lowest BCUT2D eigenvalue weighted by Gasteiger charge is -2.30. The molecule has 2 fully saturated rings. The second-order valence-electron chi connectivity index (χ2n) is 9.54. The summed E-state index contributed by atoms with van der Waals surface area (Å²) in [6.07, 6.45) is 0.0383. The molecule has 3 atom stereocenters. The van der Waals surface area contributed by atoms with E-state index in [-0.39, 0.29) is 23.3 Å². The first-order valence-corrected chi connectivity index (χ1v) is 10.8. The summed E-state index contributed by atoms with van der Waals surface area (Å²) < 4.78 is 11.1. The average molecular weight is 431 g/mol. The number of primary amides is 1. The van der Waals surface area contributed by atoms with Gasteiger partial charge in [-0.3, -0.25) is 14.9 Å². The SMILES string of the molecule is CC(C)(C)OC[C@H](NC(=O)OC(C)(C)C)C(=O)N1CCC2(C1)N[C@H](C(N)=O)CS2. The van der Waals surface area contributed by atoms with E-state index in [0.717, 1.165) is 0 Å². The fraction of sp³-hybridized carbons (Fsp3) is 0.842. The summed E-state index contributed by atoms with van der Waals surface area (Å²) in [5.74, 6) is -0.0338. The van der Waals surface area contributed by atoms with Crippen molar-refractivity contribution < 1.29 is 23.9 Å². The standard InChI is InChI=1S/C19H34N4O5S/c1-17(2,3)27-9-12(21-16(26)28-18(4,5)6)15(25)23-8-7-19(11-23)22-13(10-29-19)14(20)24/h12-13,22H,7-11H2,1-6H3,(H2,20,24)(H,21,26)/t12-,13-,19?/m0/s1. The van der Waals surface area contributed by atoms with Crippen LogP contribution in [0.15, 0.2) is 0 Å². The van der Waals surface area contributed by atoms with E-state index in [2.05, 4.69) is 10.6 Å². The van der Waals surface area contributed by atoms with Gasteiger partial charge in [-0.15, -0.1) is 11.8 Å². The van der Waals surface area contributed by atoms with Gasteiger partial charge in [0, 0.05) is 18.8 Å². The number of carbonyl (C=O) groups excluding carboxylic acids is 3. The molecule has 4 N–H and O–H groups in total. The van der Waals surface area contributed by atoms with E-state index in [1.807, 2.05) is 20.8 Å². The molecule has 0 aromatic carbocycles. The molecule has 0 radical (unpaired) electrons. The number of thioether (sulfide) groups is 1. The maximum atomic E-state index is 13.2. The minimum Gasteiger partial charge on any atom is -0.444 e. The molecule has 3 amide bonds. The van der Waals surface area contributed by atoms with Crippen LogP contribution in [-0.2, 0) is 19.1 Å². The largest absolute Gasteiger partial charge is 0.444 e. The van der Waals surface area contributed by atoms with Crippen molar-refractivity contribution in [2.75, 3.05) is 25.4 Å². The van der Waals surface area contributed by atoms with Crippen molar-refractivity contribution in [2.45, 2.75) is 76.1 Å². The summed E-state index contributed by atoms with van der Waals surface area (Å²) in [7, 11) is 0. The molecule has 29 heavy (non-hydrogen) atoms. The third-order valence-electron chi connectivity index (χ3n) is 4.52. The van der Waals surface area contributed by atoms with Gasteiger partial charge in [0.15, 0.2) is 0 Å². The molecule has 2 rings (SSSR count). The first kappa shape index (κ1) is 23.8. The maximum Gasteiger partial charge on any atom is 0.408 e. The number of hydrogen-bond donors (Lipinski definition) is 3. The van der Waals surface area contributed by atoms with Crippen LogP contribution in [0.1, 0.15) is 48.0 Å². The predicted molar refractivity (Wildman–Crippen MR) is 111 cm³/mol. The Morgan fingerprint density at radius 3 is 2.41 bits per heavy atom. The summed E-state index contributed by atoms with van der Waals surface area (Å²) in [6.45, 7) is 11.9. The molecule has 0 saturated carbocycles. The van der Waals surface area contributed by atoms with Crippen LogP contribution < -0.4 is 16.4 Å². The first-order valence-electron chi connectivity index (χ1n) is 9.83. The average Bonchev–Trinajstić information content (AvgIpc) is 3.16. The van der Waals surface area contributed by atoms with Gasteiger partial charge in [-0.25, -0.2) is 4.79 Å². The van der Waals surface area contributed by atoms with E-state index in [1.165, 1.54) is 0 Å². The number of nitrogens with two attached hydrogens (primary N) is 1. The van der Waals surface area contributed by atoms with Crippen LogP contribution in [0.5, 0.6) is 0 Å². The van der Waals surface area contributed by atoms with Crippen LogP contribution in [0.4, 0.5) is 4.79 Å². The smallest absolute Gasteiger partial charge is 0.408 e. The van der Waals surface area contributed by atoms with Gasteiger partial charge >= 0.3 is 6.09 Å². The van der Waals surface area contributed by atoms with E-state index in [1.54, 1.807) is 37.4 Å². The van der Waals surface area contributed by atoms with Gasteiger partial charge in [-0.05, 0) is 48.0 Å². The van der Waals surface area contributed by atoms with Gasteiger partial charge in [0.25, 0.3) is 0 Å². The lowest BCUT2D eigenvalue weighted by atomic mass is 10.2. The fourth-order valence-corrected chi connectivity index (χ4v) is 4.62. The molecule has 10 heteroatoms. The van der Waals surface area contributed by atoms with Crippen molar-refractivity contribution in [2.24, 2.45) is 5.73 Å². The quantitative estimate of drug-likeness (QED) is 0.590. The number of rotatable bonds is 5. The van der Waals surface area contributed by atoms with Crippen LogP contribution in [-0.4, -0.2) is 76.4 Å². The zero-order valence-electron chi connectivity index (χ0n) is 18.2. The minimum absolute atomic E-state index is 0.0373. The highest BCUT2D eigenvalue weighted by Crippen LogP contribution is 2.38. The van der Waals surface area contributed by atoms with Gasteiger partial charge in [0.1, 0.15) is 11.6 Å². The van der Waals surface area contributed by atoms with Crippen molar-refractivity contribution >= 4 is 29.7 Å². The van der Waals surface area contributed by atoms with Crippen LogP contribution in [0, 0.1) is 0 Å². The van der Waals surface area contributed by atoms with E-state index >= 15 is 0 Å². The van der Waals surface area contributed by atoms with Crippen LogP contribution in [0.2, 0.25) is 0 Å². The Morgan fingerprint density at radius 1 is 1.24 bits per heavy atom. The highest BCUT2D eigenvalue weighted by atomic mass is 32.2. The summed E-state index contributed by atoms with van der Waals surface area (Å²) in [4.78, 5) is 38.2. The number of ether oxygens (including phenoxy) is 2. The van der Waals surface area contributed by atoms with Crippen LogP contribution in [0.3, 0.4) is 0 Å². The molecular weight excluding hydrogens is 396 g/mol. The fourth-order valence-electron chi connectivity index (χ4n) is 3.18. The van der Waals surface area contributed by atoms with E-state index in [9.17, 15) is 14.4 Å². The topological polar surface area (TPSA) is 123 Å². The molecule has 166 valence electrons. The third kappa shape index (κ3) is 7.04. The van der Waals surface area contributed by atoms with Crippen molar-refractivity contribution in [3.63, 3.8) is 0 Å². The molecule has 1 spiro atoms. The number of alkyl carbamates (subject to hydrolysis) is 1. The molecule has 1 unspecified atom stereocenters. The zero-order chi connectivity index (χ0) is 22.0. The van der Waals surface area contributed by atoms with Crippen molar-refractivity contribution in [3.8, 4) is 0 Å². The number of hydrogen-bond acceptors (Lipinski definition) is 7. The third-order valence-corrected chi connectivity index (χ3v) is 6.03. The van der Waals surface area contributed by atoms with Gasteiger partial charge in [-0.2, -0.15) is 0 Å². The molecule has 2 saturated heterocycles. The molecule has 0 bridgehead atoms. The van der Waals surface area contributed by atoms with Gasteiger partial charge in [0.05, 0.1) is 23.1 Å². The number of amides is 3. The summed E-state index contributed by atoms with van der Waals surface area (Å²) in [5.41, 5.74) is 4.27. The van der Waals surface area contributed by atoms with Gasteiger partial charge in [0.2, 0.25) is 11.8 Å². The lowest BCUT2D eigenvalue weighted by Crippen LogP contribution is -2.54. The second kappa shape index (κ2) is 8.69. The number of nitrogens with zero attached hydrogens (tertiary/aromatic N) is 1. The van der Waals surface area contributed by atoms with Crippen molar-refractivity contribution in [1.29, 1.82) is 0 Å². The predicted octanol–water partition coefficient (Wildman–Crippen LogP) is 0.814. The van der Waals surface area contributed by atoms with Crippen LogP contribution in [0.25, 0.3) is 0 Å². The zero-order valence-corrected chi connectivity index (χ0v) is 19.0. The summed E-state index contributed by atoms with van der Waals surface area (Å²) >= 11 is 1.61. The first-order chi connectivity index (χ1) is 13.2. The minimum atomic E-state index is -0.863. The van der Waals surface area contributed by atoms with Crippen molar-refractivity contribution in [1.82, 2.24) is 15.5 Å². The Labute approximate surface area is 176 Å². The van der Waals surface area contributed by atoms with Crippen LogP contribution >= 0.6 is 11.8 Å². The normalized spacial score (nSPS) is 25.9. The molecule has 2 aliphatic heterocycles. The highest BCUT2D eigenvalue weighted by Gasteiger charge is 2.48. The van der Waals surface area contributed by atoms with Crippen molar-refractivity contribution in [3.05, 3.63) is 0 Å². The van der Waals surface area contributed by atoms with E-state index in [0.29, 0.717) is 25.3 Å². The Bertz CT molecular complexity index is 645. The lowest BCUT2D eigenvalue weighted by molar-refractivity contribution is -0.135. The molecule has 0 aromatic heterocycles. The van der Waals surface area contributed by atoms with Gasteiger partial charge in [-0.1, -0.05) is 0 Å².